The standard InChI is InChI=1S/C18H26ClN3O2S/c1-13(12-25(5,23)24)21(4)11-18-14(2)20-22(15(18)3)10-16-6-8-17(19)9-7-16/h6-9,13H,10-12H2,1-5H3. The van der Waals surface area contributed by atoms with Crippen molar-refractivity contribution in [2.75, 3.05) is 19.1 Å². The third kappa shape index (κ3) is 5.56. The average Bonchev–Trinajstić information content (AvgIpc) is 2.75. The molecular weight excluding hydrogens is 358 g/mol. The highest BCUT2D eigenvalue weighted by Gasteiger charge is 2.19. The van der Waals surface area contributed by atoms with E-state index < -0.39 is 9.84 Å². The summed E-state index contributed by atoms with van der Waals surface area (Å²) in [4.78, 5) is 2.06. The minimum Gasteiger partial charge on any atom is -0.298 e. The Kier molecular flexibility index (Phi) is 6.30. The van der Waals surface area contributed by atoms with E-state index in [2.05, 4.69) is 16.9 Å². The van der Waals surface area contributed by atoms with Crippen molar-refractivity contribution in [3.8, 4) is 0 Å². The summed E-state index contributed by atoms with van der Waals surface area (Å²) in [5.41, 5.74) is 4.37. The Balaban J connectivity index is 2.14. The van der Waals surface area contributed by atoms with Gasteiger partial charge in [-0.15, -0.1) is 0 Å². The van der Waals surface area contributed by atoms with E-state index >= 15 is 0 Å². The van der Waals surface area contributed by atoms with Crippen LogP contribution in [-0.4, -0.2) is 48.2 Å². The third-order valence-corrected chi connectivity index (χ3v) is 5.82. The molecule has 0 spiro atoms. The smallest absolute Gasteiger partial charge is 0.148 e. The van der Waals surface area contributed by atoms with Crippen molar-refractivity contribution in [3.05, 3.63) is 51.8 Å². The Hall–Kier alpha value is -1.37. The molecule has 0 saturated carbocycles. The van der Waals surface area contributed by atoms with Crippen molar-refractivity contribution in [2.24, 2.45) is 0 Å². The maximum Gasteiger partial charge on any atom is 0.148 e. The van der Waals surface area contributed by atoms with Gasteiger partial charge in [0.1, 0.15) is 9.84 Å². The normalized spacial score (nSPS) is 13.4. The highest BCUT2D eigenvalue weighted by Crippen LogP contribution is 2.18. The van der Waals surface area contributed by atoms with Crippen molar-refractivity contribution in [1.82, 2.24) is 14.7 Å². The molecule has 2 aromatic rings. The molecule has 1 aromatic carbocycles. The zero-order chi connectivity index (χ0) is 18.8. The summed E-state index contributed by atoms with van der Waals surface area (Å²) < 4.78 is 25.0. The molecule has 0 saturated heterocycles. The SMILES string of the molecule is Cc1nn(Cc2ccc(Cl)cc2)c(C)c1CN(C)C(C)CS(C)(=O)=O. The number of sulfone groups is 1. The second-order valence-corrected chi connectivity index (χ2v) is 9.41. The first-order valence-electron chi connectivity index (χ1n) is 8.22. The number of benzene rings is 1. The number of aromatic nitrogens is 2. The number of rotatable bonds is 7. The molecule has 5 nitrogen and oxygen atoms in total. The summed E-state index contributed by atoms with van der Waals surface area (Å²) in [6, 6.07) is 7.71. The van der Waals surface area contributed by atoms with Crippen molar-refractivity contribution in [3.63, 3.8) is 0 Å². The van der Waals surface area contributed by atoms with Crippen LogP contribution in [-0.2, 0) is 22.9 Å². The minimum absolute atomic E-state index is 0.0478. The van der Waals surface area contributed by atoms with E-state index in [1.165, 1.54) is 6.26 Å². The summed E-state index contributed by atoms with van der Waals surface area (Å²) >= 11 is 5.94. The summed E-state index contributed by atoms with van der Waals surface area (Å²) in [7, 11) is -1.04. The monoisotopic (exact) mass is 383 g/mol. The highest BCUT2D eigenvalue weighted by atomic mass is 35.5. The van der Waals surface area contributed by atoms with Crippen LogP contribution >= 0.6 is 11.6 Å². The zero-order valence-corrected chi connectivity index (χ0v) is 17.0. The predicted molar refractivity (Wildman–Crippen MR) is 103 cm³/mol. The average molecular weight is 384 g/mol. The summed E-state index contributed by atoms with van der Waals surface area (Å²) in [5, 5.41) is 5.38. The number of nitrogens with zero attached hydrogens (tertiary/aromatic N) is 3. The van der Waals surface area contributed by atoms with Crippen LogP contribution in [0, 0.1) is 13.8 Å². The molecule has 0 aliphatic carbocycles. The van der Waals surface area contributed by atoms with Gasteiger partial charge < -0.3 is 0 Å². The molecule has 138 valence electrons. The van der Waals surface area contributed by atoms with E-state index in [1.54, 1.807) is 0 Å². The van der Waals surface area contributed by atoms with E-state index in [1.807, 2.05) is 49.8 Å². The molecule has 0 amide bonds. The second-order valence-electron chi connectivity index (χ2n) is 6.79. The van der Waals surface area contributed by atoms with Gasteiger partial charge in [-0.1, -0.05) is 23.7 Å². The number of aryl methyl sites for hydroxylation is 1. The molecule has 0 aliphatic heterocycles. The fourth-order valence-corrected chi connectivity index (χ4v) is 4.11. The molecule has 25 heavy (non-hydrogen) atoms. The molecule has 1 heterocycles. The molecule has 2 rings (SSSR count). The van der Waals surface area contributed by atoms with E-state index in [4.69, 9.17) is 11.6 Å². The largest absolute Gasteiger partial charge is 0.298 e. The van der Waals surface area contributed by atoms with Crippen molar-refractivity contribution < 1.29 is 8.42 Å². The zero-order valence-electron chi connectivity index (χ0n) is 15.5. The van der Waals surface area contributed by atoms with Gasteiger partial charge in [-0.3, -0.25) is 9.58 Å². The van der Waals surface area contributed by atoms with Crippen LogP contribution in [0.5, 0.6) is 0 Å². The van der Waals surface area contributed by atoms with E-state index in [9.17, 15) is 8.42 Å². The summed E-state index contributed by atoms with van der Waals surface area (Å²) in [5.74, 6) is 0.153. The van der Waals surface area contributed by atoms with Crippen LogP contribution in [0.1, 0.15) is 29.4 Å². The Labute approximate surface area is 155 Å². The Bertz CT molecular complexity index is 829. The fourth-order valence-electron chi connectivity index (χ4n) is 2.85. The first-order valence-corrected chi connectivity index (χ1v) is 10.7. The fraction of sp³-hybridized carbons (Fsp3) is 0.500. The van der Waals surface area contributed by atoms with Gasteiger partial charge in [0.15, 0.2) is 0 Å². The van der Waals surface area contributed by atoms with Crippen molar-refractivity contribution in [1.29, 1.82) is 0 Å². The van der Waals surface area contributed by atoms with Crippen LogP contribution in [0.25, 0.3) is 0 Å². The molecule has 7 heteroatoms. The molecule has 0 radical (unpaired) electrons. The molecule has 0 bridgehead atoms. The van der Waals surface area contributed by atoms with Crippen LogP contribution < -0.4 is 0 Å². The van der Waals surface area contributed by atoms with Crippen LogP contribution in [0.3, 0.4) is 0 Å². The lowest BCUT2D eigenvalue weighted by Crippen LogP contribution is -2.34. The number of halogens is 1. The van der Waals surface area contributed by atoms with Crippen molar-refractivity contribution >= 4 is 21.4 Å². The summed E-state index contributed by atoms with van der Waals surface area (Å²) in [6.07, 6.45) is 1.28. The van der Waals surface area contributed by atoms with Gasteiger partial charge in [0.05, 0.1) is 18.0 Å². The van der Waals surface area contributed by atoms with Crippen LogP contribution in [0.4, 0.5) is 0 Å². The molecule has 1 atom stereocenters. The van der Waals surface area contributed by atoms with Gasteiger partial charge >= 0.3 is 0 Å². The first-order chi connectivity index (χ1) is 11.6. The summed E-state index contributed by atoms with van der Waals surface area (Å²) in [6.45, 7) is 7.35. The predicted octanol–water partition coefficient (Wildman–Crippen LogP) is 3.07. The maximum atomic E-state index is 11.5. The number of hydrogen-bond acceptors (Lipinski definition) is 4. The molecule has 1 aromatic heterocycles. The van der Waals surface area contributed by atoms with Crippen LogP contribution in [0.2, 0.25) is 5.02 Å². The van der Waals surface area contributed by atoms with Gasteiger partial charge in [0.25, 0.3) is 0 Å². The third-order valence-electron chi connectivity index (χ3n) is 4.48. The van der Waals surface area contributed by atoms with Gasteiger partial charge in [0.2, 0.25) is 0 Å². The van der Waals surface area contributed by atoms with Gasteiger partial charge in [-0.2, -0.15) is 5.10 Å². The topological polar surface area (TPSA) is 55.2 Å². The molecule has 0 N–H and O–H groups in total. The molecule has 0 aliphatic rings. The van der Waals surface area contributed by atoms with Gasteiger partial charge in [-0.25, -0.2) is 8.42 Å². The Morgan fingerprint density at radius 1 is 1.24 bits per heavy atom. The Morgan fingerprint density at radius 3 is 2.40 bits per heavy atom. The Morgan fingerprint density at radius 2 is 1.84 bits per heavy atom. The molecular formula is C18H26ClN3O2S. The quantitative estimate of drug-likeness (QED) is 0.737. The van der Waals surface area contributed by atoms with E-state index in [0.29, 0.717) is 13.1 Å². The van der Waals surface area contributed by atoms with Gasteiger partial charge in [-0.05, 0) is 45.5 Å². The molecule has 1 unspecified atom stereocenters. The molecule has 0 fully saturated rings. The minimum atomic E-state index is -2.99. The number of hydrogen-bond donors (Lipinski definition) is 0. The van der Waals surface area contributed by atoms with E-state index in [-0.39, 0.29) is 11.8 Å². The lowest BCUT2D eigenvalue weighted by molar-refractivity contribution is 0.266. The van der Waals surface area contributed by atoms with Crippen LogP contribution in [0.15, 0.2) is 24.3 Å². The van der Waals surface area contributed by atoms with Crippen molar-refractivity contribution in [2.45, 2.75) is 39.9 Å². The lowest BCUT2D eigenvalue weighted by atomic mass is 10.1. The lowest BCUT2D eigenvalue weighted by Gasteiger charge is -2.24. The highest BCUT2D eigenvalue weighted by molar-refractivity contribution is 7.90. The maximum absolute atomic E-state index is 11.5. The first kappa shape index (κ1) is 19.9. The second kappa shape index (κ2) is 7.89. The van der Waals surface area contributed by atoms with Gasteiger partial charge in [0, 0.05) is 35.1 Å². The van der Waals surface area contributed by atoms with E-state index in [0.717, 1.165) is 27.5 Å².